The molecule has 1 amide bonds. The second kappa shape index (κ2) is 7.88. The Morgan fingerprint density at radius 3 is 3.00 bits per heavy atom. The molecule has 3 atom stereocenters. The molecule has 3 heterocycles. The Labute approximate surface area is 138 Å². The summed E-state index contributed by atoms with van der Waals surface area (Å²) in [5.74, 6) is 0.666. The molecule has 0 spiro atoms. The van der Waals surface area contributed by atoms with Gasteiger partial charge >= 0.3 is 0 Å². The van der Waals surface area contributed by atoms with Gasteiger partial charge in [-0.15, -0.1) is 0 Å². The molecule has 0 radical (unpaired) electrons. The summed E-state index contributed by atoms with van der Waals surface area (Å²) >= 11 is 0. The molecule has 2 fully saturated rings. The van der Waals surface area contributed by atoms with E-state index in [2.05, 4.69) is 33.5 Å². The molecule has 5 heteroatoms. The van der Waals surface area contributed by atoms with E-state index in [1.165, 1.54) is 6.42 Å². The standard InChI is InChI=1S/C18H28N4O/c1-14-12-22(13-15-6-2-4-9-19-15)11-8-16(14)21-18(23)17-7-3-5-10-20-17/h2,4,6,9,14,16-17,20H,3,5,7-8,10-13H2,1H3,(H,21,23)/t14-,16+,17+/m1/s1. The van der Waals surface area contributed by atoms with Crippen LogP contribution < -0.4 is 10.6 Å². The van der Waals surface area contributed by atoms with Crippen LogP contribution in [-0.4, -0.2) is 47.5 Å². The fourth-order valence-corrected chi connectivity index (χ4v) is 3.67. The third-order valence-corrected chi connectivity index (χ3v) is 5.06. The largest absolute Gasteiger partial charge is 0.352 e. The zero-order chi connectivity index (χ0) is 16.1. The molecule has 2 N–H and O–H groups in total. The monoisotopic (exact) mass is 316 g/mol. The topological polar surface area (TPSA) is 57.3 Å². The summed E-state index contributed by atoms with van der Waals surface area (Å²) in [4.78, 5) is 19.2. The number of carbonyl (C=O) groups is 1. The van der Waals surface area contributed by atoms with Gasteiger partial charge in [-0.3, -0.25) is 14.7 Å². The fourth-order valence-electron chi connectivity index (χ4n) is 3.67. The molecule has 0 aliphatic carbocycles. The maximum Gasteiger partial charge on any atom is 0.237 e. The number of likely N-dealkylation sites (tertiary alicyclic amines) is 1. The number of hydrogen-bond acceptors (Lipinski definition) is 4. The molecule has 126 valence electrons. The quantitative estimate of drug-likeness (QED) is 0.885. The van der Waals surface area contributed by atoms with Crippen molar-refractivity contribution in [1.29, 1.82) is 0 Å². The minimum atomic E-state index is 0.0162. The van der Waals surface area contributed by atoms with Gasteiger partial charge in [0, 0.05) is 31.9 Å². The number of piperidine rings is 2. The Hall–Kier alpha value is -1.46. The number of pyridine rings is 1. The van der Waals surface area contributed by atoms with Gasteiger partial charge in [0.25, 0.3) is 0 Å². The van der Waals surface area contributed by atoms with Gasteiger partial charge in [-0.2, -0.15) is 0 Å². The Kier molecular flexibility index (Phi) is 5.62. The van der Waals surface area contributed by atoms with Gasteiger partial charge in [0.05, 0.1) is 11.7 Å². The lowest BCUT2D eigenvalue weighted by Gasteiger charge is -2.38. The molecule has 1 aromatic heterocycles. The summed E-state index contributed by atoms with van der Waals surface area (Å²) in [7, 11) is 0. The molecule has 2 aliphatic rings. The van der Waals surface area contributed by atoms with Crippen LogP contribution >= 0.6 is 0 Å². The van der Waals surface area contributed by atoms with E-state index in [0.29, 0.717) is 12.0 Å². The molecule has 2 saturated heterocycles. The van der Waals surface area contributed by atoms with Crippen LogP contribution in [0.4, 0.5) is 0 Å². The Bertz CT molecular complexity index is 501. The van der Waals surface area contributed by atoms with Gasteiger partial charge in [-0.25, -0.2) is 0 Å². The Morgan fingerprint density at radius 1 is 1.39 bits per heavy atom. The summed E-state index contributed by atoms with van der Waals surface area (Å²) < 4.78 is 0. The first kappa shape index (κ1) is 16.4. The molecule has 3 rings (SSSR count). The molecule has 5 nitrogen and oxygen atoms in total. The zero-order valence-electron chi connectivity index (χ0n) is 14.0. The van der Waals surface area contributed by atoms with Crippen molar-refractivity contribution in [3.63, 3.8) is 0 Å². The molecule has 0 saturated carbocycles. The van der Waals surface area contributed by atoms with Gasteiger partial charge in [0.15, 0.2) is 0 Å². The average molecular weight is 316 g/mol. The highest BCUT2D eigenvalue weighted by molar-refractivity contribution is 5.82. The summed E-state index contributed by atoms with van der Waals surface area (Å²) in [5, 5.41) is 6.61. The number of aromatic nitrogens is 1. The van der Waals surface area contributed by atoms with Crippen LogP contribution in [0, 0.1) is 5.92 Å². The molecule has 0 unspecified atom stereocenters. The van der Waals surface area contributed by atoms with Crippen molar-refractivity contribution in [2.75, 3.05) is 19.6 Å². The highest BCUT2D eigenvalue weighted by Crippen LogP contribution is 2.19. The van der Waals surface area contributed by atoms with Crippen LogP contribution in [0.1, 0.15) is 38.3 Å². The van der Waals surface area contributed by atoms with Gasteiger partial charge in [-0.1, -0.05) is 19.4 Å². The van der Waals surface area contributed by atoms with E-state index in [0.717, 1.165) is 51.1 Å². The van der Waals surface area contributed by atoms with E-state index < -0.39 is 0 Å². The normalized spacial score (nSPS) is 29.2. The molecule has 1 aromatic rings. The van der Waals surface area contributed by atoms with Crippen LogP contribution in [0.15, 0.2) is 24.4 Å². The average Bonchev–Trinajstić information content (AvgIpc) is 2.59. The second-order valence-electron chi connectivity index (χ2n) is 6.94. The van der Waals surface area contributed by atoms with E-state index >= 15 is 0 Å². The number of hydrogen-bond donors (Lipinski definition) is 2. The van der Waals surface area contributed by atoms with E-state index in [4.69, 9.17) is 0 Å². The number of amides is 1. The highest BCUT2D eigenvalue weighted by Gasteiger charge is 2.29. The van der Waals surface area contributed by atoms with E-state index in [-0.39, 0.29) is 11.9 Å². The molecular weight excluding hydrogens is 288 g/mol. The highest BCUT2D eigenvalue weighted by atomic mass is 16.2. The molecular formula is C18H28N4O. The Morgan fingerprint density at radius 2 is 2.30 bits per heavy atom. The van der Waals surface area contributed by atoms with Gasteiger partial charge < -0.3 is 10.6 Å². The predicted molar refractivity (Wildman–Crippen MR) is 90.9 cm³/mol. The lowest BCUT2D eigenvalue weighted by molar-refractivity contribution is -0.125. The third-order valence-electron chi connectivity index (χ3n) is 5.06. The van der Waals surface area contributed by atoms with Crippen molar-refractivity contribution < 1.29 is 4.79 Å². The maximum atomic E-state index is 12.4. The van der Waals surface area contributed by atoms with Gasteiger partial charge in [-0.05, 0) is 43.9 Å². The lowest BCUT2D eigenvalue weighted by Crippen LogP contribution is -2.54. The zero-order valence-corrected chi connectivity index (χ0v) is 14.0. The van der Waals surface area contributed by atoms with Crippen LogP contribution in [0.25, 0.3) is 0 Å². The number of nitrogens with one attached hydrogen (secondary N) is 2. The van der Waals surface area contributed by atoms with Crippen LogP contribution in [0.3, 0.4) is 0 Å². The van der Waals surface area contributed by atoms with E-state index in [9.17, 15) is 4.79 Å². The number of carbonyl (C=O) groups excluding carboxylic acids is 1. The number of rotatable bonds is 4. The fraction of sp³-hybridized carbons (Fsp3) is 0.667. The Balaban J connectivity index is 1.47. The minimum absolute atomic E-state index is 0.0162. The first-order valence-corrected chi connectivity index (χ1v) is 8.88. The smallest absolute Gasteiger partial charge is 0.237 e. The van der Waals surface area contributed by atoms with Crippen molar-refractivity contribution in [3.8, 4) is 0 Å². The number of nitrogens with zero attached hydrogens (tertiary/aromatic N) is 2. The van der Waals surface area contributed by atoms with Crippen molar-refractivity contribution in [1.82, 2.24) is 20.5 Å². The molecule has 2 aliphatic heterocycles. The second-order valence-corrected chi connectivity index (χ2v) is 6.94. The summed E-state index contributed by atoms with van der Waals surface area (Å²) in [6.45, 7) is 6.14. The van der Waals surface area contributed by atoms with Crippen LogP contribution in [0.2, 0.25) is 0 Å². The summed E-state index contributed by atoms with van der Waals surface area (Å²) in [6, 6.07) is 6.38. The predicted octanol–water partition coefficient (Wildman–Crippen LogP) is 1.55. The summed E-state index contributed by atoms with van der Waals surface area (Å²) in [6.07, 6.45) is 6.18. The molecule has 0 bridgehead atoms. The van der Waals surface area contributed by atoms with Crippen molar-refractivity contribution in [2.45, 2.75) is 51.2 Å². The van der Waals surface area contributed by atoms with E-state index in [1.54, 1.807) is 0 Å². The van der Waals surface area contributed by atoms with Crippen LogP contribution in [0.5, 0.6) is 0 Å². The summed E-state index contributed by atoms with van der Waals surface area (Å²) in [5.41, 5.74) is 1.12. The molecule has 23 heavy (non-hydrogen) atoms. The first-order chi connectivity index (χ1) is 11.2. The van der Waals surface area contributed by atoms with Crippen molar-refractivity contribution in [2.24, 2.45) is 5.92 Å². The van der Waals surface area contributed by atoms with Crippen LogP contribution in [-0.2, 0) is 11.3 Å². The van der Waals surface area contributed by atoms with E-state index in [1.807, 2.05) is 18.3 Å². The van der Waals surface area contributed by atoms with Gasteiger partial charge in [0.1, 0.15) is 0 Å². The minimum Gasteiger partial charge on any atom is -0.352 e. The SMILES string of the molecule is C[C@@H]1CN(Cc2ccccn2)CC[C@@H]1NC(=O)[C@@H]1CCCCN1. The lowest BCUT2D eigenvalue weighted by atomic mass is 9.93. The van der Waals surface area contributed by atoms with Crippen molar-refractivity contribution >= 4 is 5.91 Å². The first-order valence-electron chi connectivity index (χ1n) is 8.88. The third kappa shape index (κ3) is 4.52. The molecule has 0 aromatic carbocycles. The maximum absolute atomic E-state index is 12.4. The van der Waals surface area contributed by atoms with Crippen molar-refractivity contribution in [3.05, 3.63) is 30.1 Å². The van der Waals surface area contributed by atoms with Gasteiger partial charge in [0.2, 0.25) is 5.91 Å².